The highest BCUT2D eigenvalue weighted by atomic mass is 16.3. The second-order valence-electron chi connectivity index (χ2n) is 8.55. The summed E-state index contributed by atoms with van der Waals surface area (Å²) in [5.74, 6) is 1.81. The Labute approximate surface area is 183 Å². The number of furan rings is 1. The highest BCUT2D eigenvalue weighted by Gasteiger charge is 2.40. The van der Waals surface area contributed by atoms with Crippen molar-refractivity contribution in [2.45, 2.75) is 24.8 Å². The van der Waals surface area contributed by atoms with Gasteiger partial charge in [-0.05, 0) is 36.8 Å². The summed E-state index contributed by atoms with van der Waals surface area (Å²) in [5, 5.41) is 4.63. The molecule has 1 aliphatic heterocycles. The van der Waals surface area contributed by atoms with Crippen molar-refractivity contribution in [3.8, 4) is 0 Å². The number of hydrogen-bond acceptors (Lipinski definition) is 4. The van der Waals surface area contributed by atoms with Crippen LogP contribution in [0.25, 0.3) is 21.9 Å². The topological polar surface area (TPSA) is 75.8 Å². The van der Waals surface area contributed by atoms with Gasteiger partial charge in [-0.1, -0.05) is 30.3 Å². The Bertz CT molecular complexity index is 1540. The molecule has 0 radical (unpaired) electrons. The van der Waals surface area contributed by atoms with Crippen LogP contribution in [0.2, 0.25) is 0 Å². The number of nitrogens with zero attached hydrogens (tertiary/aromatic N) is 2. The number of anilines is 1. The second-order valence-corrected chi connectivity index (χ2v) is 8.55. The predicted molar refractivity (Wildman–Crippen MR) is 123 cm³/mol. The second kappa shape index (κ2) is 6.47. The number of allylic oxidation sites excluding steroid dienone is 2. The molecule has 0 saturated carbocycles. The molecule has 0 amide bonds. The molecule has 32 heavy (non-hydrogen) atoms. The number of aromatic amines is 1. The lowest BCUT2D eigenvalue weighted by atomic mass is 9.79. The van der Waals surface area contributed by atoms with Crippen molar-refractivity contribution < 1.29 is 9.21 Å². The number of nitrogens with one attached hydrogen (secondary N) is 2. The van der Waals surface area contributed by atoms with Gasteiger partial charge in [0.25, 0.3) is 0 Å². The zero-order valence-corrected chi connectivity index (χ0v) is 17.2. The summed E-state index contributed by atoms with van der Waals surface area (Å²) < 4.78 is 7.82. The van der Waals surface area contributed by atoms with Gasteiger partial charge < -0.3 is 14.7 Å². The molecule has 6 heteroatoms. The van der Waals surface area contributed by atoms with Crippen LogP contribution in [0.4, 0.5) is 5.95 Å². The van der Waals surface area contributed by atoms with Crippen molar-refractivity contribution in [1.29, 1.82) is 0 Å². The summed E-state index contributed by atoms with van der Waals surface area (Å²) in [5.41, 5.74) is 5.84. The van der Waals surface area contributed by atoms with Crippen molar-refractivity contribution >= 4 is 33.7 Å². The molecule has 0 fully saturated rings. The van der Waals surface area contributed by atoms with E-state index in [1.54, 1.807) is 6.26 Å². The van der Waals surface area contributed by atoms with E-state index in [0.29, 0.717) is 6.42 Å². The minimum absolute atomic E-state index is 0.0308. The van der Waals surface area contributed by atoms with Gasteiger partial charge in [0, 0.05) is 46.3 Å². The van der Waals surface area contributed by atoms with Crippen molar-refractivity contribution in [1.82, 2.24) is 14.5 Å². The van der Waals surface area contributed by atoms with Crippen LogP contribution in [0.5, 0.6) is 0 Å². The summed E-state index contributed by atoms with van der Waals surface area (Å²) in [6.07, 6.45) is 4.87. The van der Waals surface area contributed by atoms with Gasteiger partial charge in [-0.3, -0.25) is 9.36 Å². The van der Waals surface area contributed by atoms with E-state index in [9.17, 15) is 4.79 Å². The Kier molecular flexibility index (Phi) is 3.56. The number of carbonyl (C=O) groups is 1. The minimum Gasteiger partial charge on any atom is -0.469 e. The number of rotatable bonds is 2. The fraction of sp³-hybridized carbons (Fsp3) is 0.154. The van der Waals surface area contributed by atoms with Gasteiger partial charge in [-0.2, -0.15) is 0 Å². The lowest BCUT2D eigenvalue weighted by Crippen LogP contribution is -2.33. The van der Waals surface area contributed by atoms with Crippen LogP contribution in [0, 0.1) is 0 Å². The van der Waals surface area contributed by atoms with Gasteiger partial charge in [0.2, 0.25) is 5.95 Å². The van der Waals surface area contributed by atoms with Gasteiger partial charge >= 0.3 is 0 Å². The average molecular weight is 420 g/mol. The SMILES string of the molecule is O=C1C[C@H](c2ccco2)CC2=C1[C@@H](c1c[nH]c3ccccc13)n1c(nc3ccccc31)N2. The molecular formula is C26H20N4O2. The van der Waals surface area contributed by atoms with Gasteiger partial charge in [-0.15, -0.1) is 0 Å². The Morgan fingerprint density at radius 1 is 1.00 bits per heavy atom. The molecule has 2 atom stereocenters. The van der Waals surface area contributed by atoms with Crippen molar-refractivity contribution in [3.05, 3.63) is 95.7 Å². The molecule has 5 aromatic rings. The molecule has 0 saturated heterocycles. The van der Waals surface area contributed by atoms with E-state index in [-0.39, 0.29) is 17.7 Å². The Balaban J connectivity index is 1.48. The number of Topliss-reactive ketones (excluding diaryl/α,β-unsaturated/α-hetero) is 1. The number of carbonyl (C=O) groups excluding carboxylic acids is 1. The van der Waals surface area contributed by atoms with Gasteiger partial charge in [0.15, 0.2) is 5.78 Å². The quantitative estimate of drug-likeness (QED) is 0.394. The largest absolute Gasteiger partial charge is 0.469 e. The normalized spacial score (nSPS) is 20.4. The standard InChI is InChI=1S/C26H20N4O2/c31-22-13-15(23-10-5-11-32-23)12-20-24(22)25(17-14-27-18-7-2-1-6-16(17)18)30-21-9-4-3-8-19(21)28-26(30)29-20/h1-11,14-15,25,27H,12-13H2,(H,28,29)/t15-,25-/m1/s1. The van der Waals surface area contributed by atoms with Crippen LogP contribution in [0.15, 0.2) is 88.8 Å². The fourth-order valence-corrected chi connectivity index (χ4v) is 5.36. The lowest BCUT2D eigenvalue weighted by molar-refractivity contribution is -0.116. The maximum absolute atomic E-state index is 13.7. The van der Waals surface area contributed by atoms with Gasteiger partial charge in [0.1, 0.15) is 5.76 Å². The highest BCUT2D eigenvalue weighted by molar-refractivity contribution is 6.02. The summed E-state index contributed by atoms with van der Waals surface area (Å²) >= 11 is 0. The third-order valence-corrected chi connectivity index (χ3v) is 6.76. The Hall–Kier alpha value is -4.06. The smallest absolute Gasteiger partial charge is 0.209 e. The number of aromatic nitrogens is 3. The first kappa shape index (κ1) is 17.6. The summed E-state index contributed by atoms with van der Waals surface area (Å²) in [6, 6.07) is 19.9. The third kappa shape index (κ3) is 2.40. The Morgan fingerprint density at radius 2 is 1.88 bits per heavy atom. The summed E-state index contributed by atoms with van der Waals surface area (Å²) in [4.78, 5) is 21.9. The predicted octanol–water partition coefficient (Wildman–Crippen LogP) is 5.53. The molecule has 3 aromatic heterocycles. The molecule has 7 rings (SSSR count). The number of fused-ring (bicyclic) bond motifs is 4. The third-order valence-electron chi connectivity index (χ3n) is 6.76. The first-order valence-electron chi connectivity index (χ1n) is 10.9. The van der Waals surface area contributed by atoms with Crippen LogP contribution < -0.4 is 5.32 Å². The number of para-hydroxylation sites is 3. The molecule has 1 aliphatic carbocycles. The van der Waals surface area contributed by atoms with E-state index < -0.39 is 0 Å². The minimum atomic E-state index is -0.241. The zero-order valence-electron chi connectivity index (χ0n) is 17.2. The molecule has 0 spiro atoms. The van der Waals surface area contributed by atoms with E-state index in [0.717, 1.165) is 56.9 Å². The van der Waals surface area contributed by atoms with Crippen LogP contribution in [-0.4, -0.2) is 20.3 Å². The first-order chi connectivity index (χ1) is 15.8. The lowest BCUT2D eigenvalue weighted by Gasteiger charge is -2.35. The van der Waals surface area contributed by atoms with E-state index in [1.165, 1.54) is 0 Å². The number of H-pyrrole nitrogens is 1. The highest BCUT2D eigenvalue weighted by Crippen LogP contribution is 2.47. The van der Waals surface area contributed by atoms with Crippen molar-refractivity contribution in [2.24, 2.45) is 0 Å². The molecule has 2 aromatic carbocycles. The van der Waals surface area contributed by atoms with Gasteiger partial charge in [0.05, 0.1) is 23.3 Å². The molecule has 6 nitrogen and oxygen atoms in total. The molecular weight excluding hydrogens is 400 g/mol. The maximum Gasteiger partial charge on any atom is 0.209 e. The first-order valence-corrected chi connectivity index (χ1v) is 10.9. The van der Waals surface area contributed by atoms with Crippen molar-refractivity contribution in [2.75, 3.05) is 5.32 Å². The van der Waals surface area contributed by atoms with E-state index in [2.05, 4.69) is 33.1 Å². The zero-order chi connectivity index (χ0) is 21.2. The van der Waals surface area contributed by atoms with E-state index in [4.69, 9.17) is 9.40 Å². The summed E-state index contributed by atoms with van der Waals surface area (Å²) in [7, 11) is 0. The summed E-state index contributed by atoms with van der Waals surface area (Å²) in [6.45, 7) is 0. The molecule has 2 aliphatic rings. The van der Waals surface area contributed by atoms with Gasteiger partial charge in [-0.25, -0.2) is 4.98 Å². The molecule has 4 heterocycles. The number of imidazole rings is 1. The van der Waals surface area contributed by atoms with Crippen molar-refractivity contribution in [3.63, 3.8) is 0 Å². The molecule has 2 N–H and O–H groups in total. The number of benzene rings is 2. The molecule has 0 unspecified atom stereocenters. The van der Waals surface area contributed by atoms with Crippen LogP contribution in [0.1, 0.15) is 36.1 Å². The van der Waals surface area contributed by atoms with E-state index >= 15 is 0 Å². The van der Waals surface area contributed by atoms with Crippen LogP contribution in [-0.2, 0) is 4.79 Å². The average Bonchev–Trinajstić information content (AvgIpc) is 3.55. The van der Waals surface area contributed by atoms with Crippen LogP contribution in [0.3, 0.4) is 0 Å². The molecule has 0 bridgehead atoms. The number of hydrogen-bond donors (Lipinski definition) is 2. The number of ketones is 1. The van der Waals surface area contributed by atoms with Crippen LogP contribution >= 0.6 is 0 Å². The Morgan fingerprint density at radius 3 is 2.78 bits per heavy atom. The maximum atomic E-state index is 13.7. The fourth-order valence-electron chi connectivity index (χ4n) is 5.36. The molecule has 156 valence electrons. The monoisotopic (exact) mass is 420 g/mol. The van der Waals surface area contributed by atoms with E-state index in [1.807, 2.05) is 48.7 Å².